The molecule has 0 radical (unpaired) electrons. The molecule has 7 unspecified atom stereocenters. The Kier molecular flexibility index (Phi) is 31.9. The molecule has 0 bridgehead atoms. The van der Waals surface area contributed by atoms with Crippen LogP contribution in [-0.4, -0.2) is 115 Å². The van der Waals surface area contributed by atoms with Crippen LogP contribution in [0.1, 0.15) is 168 Å². The fourth-order valence-corrected chi connectivity index (χ4v) is 8.94. The van der Waals surface area contributed by atoms with Gasteiger partial charge in [0.15, 0.2) is 6.10 Å². The van der Waals surface area contributed by atoms with Gasteiger partial charge in [-0.2, -0.15) is 0 Å². The number of carbonyl (C=O) groups excluding carboxylic acids is 2. The molecule has 0 spiro atoms. The first kappa shape index (κ1) is 60.0. The number of phosphoric ester groups is 2. The number of epoxide rings is 1. The predicted molar refractivity (Wildman–Crippen MR) is 250 cm³/mol. The first-order valence-corrected chi connectivity index (χ1v) is 27.3. The number of phosphoric acid groups is 2. The van der Waals surface area contributed by atoms with E-state index >= 15 is 0 Å². The standard InChI is InChI=1S/C47H82O17P2/c1-3-5-7-9-11-13-15-17-18-19-21-23-25-27-29-33-41(49)61-37(36-60-66(57,58)64-47-44(52)42(50)43(51)46(45(47)53)63-65(54,55)56)35-59-40(48)34-30-32-39-38(62-39)31-28-26-24-22-20-16-14-12-10-8-6-4-2/h12-15,20,22,26,28,37-39,42-47,50-53H,3-11,16-19,21,23-25,27,29-36H2,1-2H3,(H,57,58)(H2,54,55,56)/b14-12-,15-13-,22-20-,28-26-/t37-,38?,39?,42?,43?,44?,45?,46-,47+/m1/s1. The van der Waals surface area contributed by atoms with Crippen molar-refractivity contribution < 1.29 is 81.6 Å². The molecule has 10 atom stereocenters. The van der Waals surface area contributed by atoms with E-state index in [1.54, 1.807) is 0 Å². The zero-order valence-electron chi connectivity index (χ0n) is 39.3. The van der Waals surface area contributed by atoms with E-state index in [9.17, 15) is 53.8 Å². The molecule has 2 rings (SSSR count). The van der Waals surface area contributed by atoms with E-state index in [1.807, 2.05) is 0 Å². The quantitative estimate of drug-likeness (QED) is 0.0100. The molecule has 0 aromatic heterocycles. The van der Waals surface area contributed by atoms with Crippen molar-refractivity contribution in [2.24, 2.45) is 0 Å². The third kappa shape index (κ3) is 28.4. The summed E-state index contributed by atoms with van der Waals surface area (Å²) < 4.78 is 55.2. The Balaban J connectivity index is 1.82. The van der Waals surface area contributed by atoms with Crippen molar-refractivity contribution in [2.75, 3.05) is 13.2 Å². The summed E-state index contributed by atoms with van der Waals surface area (Å²) in [5.74, 6) is -1.29. The number of ether oxygens (including phenoxy) is 3. The summed E-state index contributed by atoms with van der Waals surface area (Å²) in [6.07, 6.45) is 25.1. The summed E-state index contributed by atoms with van der Waals surface area (Å²) >= 11 is 0. The summed E-state index contributed by atoms with van der Waals surface area (Å²) in [5, 5.41) is 41.3. The van der Waals surface area contributed by atoms with Crippen LogP contribution < -0.4 is 0 Å². The molecule has 1 heterocycles. The van der Waals surface area contributed by atoms with Gasteiger partial charge in [0.1, 0.15) is 43.2 Å². The van der Waals surface area contributed by atoms with Gasteiger partial charge in [-0.25, -0.2) is 9.13 Å². The third-order valence-corrected chi connectivity index (χ3v) is 12.8. The normalized spacial score (nSPS) is 25.0. The van der Waals surface area contributed by atoms with Gasteiger partial charge in [0.25, 0.3) is 0 Å². The van der Waals surface area contributed by atoms with Gasteiger partial charge in [-0.1, -0.05) is 127 Å². The lowest BCUT2D eigenvalue weighted by atomic mass is 9.85. The van der Waals surface area contributed by atoms with Crippen LogP contribution in [0.25, 0.3) is 0 Å². The molecule has 2 aliphatic rings. The molecule has 17 nitrogen and oxygen atoms in total. The van der Waals surface area contributed by atoms with Gasteiger partial charge in [0.05, 0.1) is 18.8 Å². The Morgan fingerprint density at radius 1 is 0.561 bits per heavy atom. The van der Waals surface area contributed by atoms with Crippen molar-refractivity contribution in [3.8, 4) is 0 Å². The monoisotopic (exact) mass is 981 g/mol. The van der Waals surface area contributed by atoms with Gasteiger partial charge in [-0.15, -0.1) is 0 Å². The Labute approximate surface area is 392 Å². The van der Waals surface area contributed by atoms with Crippen molar-refractivity contribution in [2.45, 2.75) is 223 Å². The van der Waals surface area contributed by atoms with E-state index in [0.717, 1.165) is 77.0 Å². The van der Waals surface area contributed by atoms with Crippen LogP contribution in [0.2, 0.25) is 0 Å². The Morgan fingerprint density at radius 3 is 1.68 bits per heavy atom. The van der Waals surface area contributed by atoms with Crippen molar-refractivity contribution in [1.29, 1.82) is 0 Å². The molecule has 2 fully saturated rings. The van der Waals surface area contributed by atoms with Crippen LogP contribution in [0.4, 0.5) is 0 Å². The minimum absolute atomic E-state index is 0.0215. The Bertz CT molecular complexity index is 1530. The van der Waals surface area contributed by atoms with Crippen LogP contribution in [0.5, 0.6) is 0 Å². The van der Waals surface area contributed by atoms with E-state index in [4.69, 9.17) is 23.3 Å². The predicted octanol–water partition coefficient (Wildman–Crippen LogP) is 8.27. The molecule has 1 aliphatic heterocycles. The molecular formula is C47H82O17P2. The van der Waals surface area contributed by atoms with Crippen molar-refractivity contribution in [3.63, 3.8) is 0 Å². The summed E-state index contributed by atoms with van der Waals surface area (Å²) in [6.45, 7) is 3.00. The number of hydrogen-bond acceptors (Lipinski definition) is 14. The molecule has 0 aromatic rings. The van der Waals surface area contributed by atoms with Gasteiger partial charge in [-0.3, -0.25) is 23.2 Å². The summed E-state index contributed by atoms with van der Waals surface area (Å²) in [6, 6.07) is 0. The van der Waals surface area contributed by atoms with Gasteiger partial charge in [0, 0.05) is 12.8 Å². The first-order valence-electron chi connectivity index (χ1n) is 24.3. The SMILES string of the molecule is CCCCC/C=C\C/C=C\C/C=C\CC1OC1CCCC(=O)OC[C@H](COP(=O)(O)O[C@H]1C(O)C(O)C(O)[C@@H](OP(=O)(O)O)C1O)OC(=O)CCCCCCCCC/C=C\CCCCCC. The summed E-state index contributed by atoms with van der Waals surface area (Å²) in [7, 11) is -10.7. The zero-order valence-corrected chi connectivity index (χ0v) is 41.1. The lowest BCUT2D eigenvalue weighted by Crippen LogP contribution is -2.64. The zero-order chi connectivity index (χ0) is 48.6. The lowest BCUT2D eigenvalue weighted by molar-refractivity contribution is -0.216. The lowest BCUT2D eigenvalue weighted by Gasteiger charge is -2.43. The maximum atomic E-state index is 13.0. The Hall–Kier alpha value is -2.08. The topological polar surface area (TPSA) is 269 Å². The van der Waals surface area contributed by atoms with Crippen LogP contribution in [-0.2, 0) is 46.5 Å². The third-order valence-electron chi connectivity index (χ3n) is 11.3. The fourth-order valence-electron chi connectivity index (χ4n) is 7.40. The van der Waals surface area contributed by atoms with Crippen LogP contribution in [0, 0.1) is 0 Å². The summed E-state index contributed by atoms with van der Waals surface area (Å²) in [5.41, 5.74) is 0. The highest BCUT2D eigenvalue weighted by molar-refractivity contribution is 7.47. The molecule has 19 heteroatoms. The molecule has 1 saturated carbocycles. The maximum Gasteiger partial charge on any atom is 0.472 e. The molecular weight excluding hydrogens is 898 g/mol. The van der Waals surface area contributed by atoms with Crippen molar-refractivity contribution in [1.82, 2.24) is 0 Å². The van der Waals surface area contributed by atoms with E-state index in [0.29, 0.717) is 19.3 Å². The largest absolute Gasteiger partial charge is 0.472 e. The highest BCUT2D eigenvalue weighted by Crippen LogP contribution is 2.49. The van der Waals surface area contributed by atoms with E-state index < -0.39 is 83.5 Å². The molecule has 0 aromatic carbocycles. The minimum atomic E-state index is -5.37. The average molecular weight is 981 g/mol. The molecule has 1 aliphatic carbocycles. The number of carbonyl (C=O) groups is 2. The van der Waals surface area contributed by atoms with Gasteiger partial charge in [-0.05, 0) is 77.0 Å². The first-order chi connectivity index (χ1) is 31.6. The highest BCUT2D eigenvalue weighted by Gasteiger charge is 2.54. The smallest absolute Gasteiger partial charge is 0.462 e. The summed E-state index contributed by atoms with van der Waals surface area (Å²) in [4.78, 5) is 54.4. The molecule has 382 valence electrons. The molecule has 7 N–H and O–H groups in total. The number of hydrogen-bond donors (Lipinski definition) is 7. The molecule has 66 heavy (non-hydrogen) atoms. The van der Waals surface area contributed by atoms with E-state index in [-0.39, 0.29) is 25.0 Å². The number of unbranched alkanes of at least 4 members (excludes halogenated alkanes) is 14. The van der Waals surface area contributed by atoms with Gasteiger partial charge >= 0.3 is 27.6 Å². The second kappa shape index (κ2) is 35.1. The number of rotatable bonds is 39. The average Bonchev–Trinajstić information content (AvgIpc) is 4.03. The van der Waals surface area contributed by atoms with Crippen LogP contribution >= 0.6 is 15.6 Å². The number of aliphatic hydroxyl groups excluding tert-OH is 4. The second-order valence-corrected chi connectivity index (χ2v) is 19.8. The van der Waals surface area contributed by atoms with Crippen LogP contribution in [0.3, 0.4) is 0 Å². The number of esters is 2. The number of allylic oxidation sites excluding steroid dienone is 7. The Morgan fingerprint density at radius 2 is 1.06 bits per heavy atom. The van der Waals surface area contributed by atoms with Gasteiger partial charge in [0.2, 0.25) is 0 Å². The van der Waals surface area contributed by atoms with Crippen LogP contribution in [0.15, 0.2) is 48.6 Å². The highest BCUT2D eigenvalue weighted by atomic mass is 31.2. The van der Waals surface area contributed by atoms with Crippen molar-refractivity contribution in [3.05, 3.63) is 48.6 Å². The minimum Gasteiger partial charge on any atom is -0.462 e. The second-order valence-electron chi connectivity index (χ2n) is 17.2. The molecule has 1 saturated heterocycles. The van der Waals surface area contributed by atoms with Gasteiger partial charge < -0.3 is 49.3 Å². The fraction of sp³-hybridized carbons (Fsp3) is 0.787. The maximum absolute atomic E-state index is 13.0. The van der Waals surface area contributed by atoms with Crippen molar-refractivity contribution >= 4 is 27.6 Å². The van der Waals surface area contributed by atoms with E-state index in [2.05, 4.69) is 67.0 Å². The van der Waals surface area contributed by atoms with E-state index in [1.165, 1.54) is 44.9 Å². The number of aliphatic hydroxyl groups is 4. The molecule has 0 amide bonds.